The van der Waals surface area contributed by atoms with Crippen LogP contribution in [0.5, 0.6) is 17.2 Å². The lowest BCUT2D eigenvalue weighted by Crippen LogP contribution is -2.41. The van der Waals surface area contributed by atoms with Crippen molar-refractivity contribution in [2.24, 2.45) is 0 Å². The number of halogens is 3. The first-order chi connectivity index (χ1) is 19.1. The van der Waals surface area contributed by atoms with E-state index in [1.54, 1.807) is 30.3 Å². The second kappa shape index (κ2) is 11.6. The number of amides is 2. The molecule has 1 unspecified atom stereocenters. The highest BCUT2D eigenvalue weighted by Crippen LogP contribution is 2.39. The Balaban J connectivity index is 1.80. The summed E-state index contributed by atoms with van der Waals surface area (Å²) in [7, 11) is 2.96. The van der Waals surface area contributed by atoms with Gasteiger partial charge in [0.2, 0.25) is 0 Å². The summed E-state index contributed by atoms with van der Waals surface area (Å²) in [6.45, 7) is 1.49. The zero-order valence-electron chi connectivity index (χ0n) is 22.0. The summed E-state index contributed by atoms with van der Waals surface area (Å²) in [6.07, 6.45) is -4.25. The van der Waals surface area contributed by atoms with Crippen LogP contribution in [0, 0.1) is 11.3 Å². The number of carbonyl (C=O) groups excluding carboxylic acids is 2. The summed E-state index contributed by atoms with van der Waals surface area (Å²) in [5, 5.41) is 11.6. The standard InChI is InChI=1S/C29H26F3N3O5/c1-4-17-6-5-7-22-26(28(37)34-20-10-8-18(14-33)23(12-20)29(30,31)32)35(25(36)16-40-27(17)22)15-19-9-11-21(38-2)13-24(19)39-3/h5-13,26H,4,15-16H2,1-3H3,(H,34,37). The van der Waals surface area contributed by atoms with E-state index in [-0.39, 0.29) is 18.8 Å². The Morgan fingerprint density at radius 2 is 1.90 bits per heavy atom. The molecule has 8 nitrogen and oxygen atoms in total. The van der Waals surface area contributed by atoms with Crippen molar-refractivity contribution in [2.45, 2.75) is 32.1 Å². The number of alkyl halides is 3. The molecule has 0 bridgehead atoms. The number of nitrogens with zero attached hydrogens (tertiary/aromatic N) is 2. The zero-order chi connectivity index (χ0) is 29.0. The van der Waals surface area contributed by atoms with Gasteiger partial charge in [-0.15, -0.1) is 0 Å². The molecule has 1 heterocycles. The Hall–Kier alpha value is -4.72. The lowest BCUT2D eigenvalue weighted by molar-refractivity contribution is -0.140. The summed E-state index contributed by atoms with van der Waals surface area (Å²) in [4.78, 5) is 28.6. The number of benzene rings is 3. The van der Waals surface area contributed by atoms with E-state index in [4.69, 9.17) is 19.5 Å². The van der Waals surface area contributed by atoms with Gasteiger partial charge in [0.05, 0.1) is 38.0 Å². The predicted molar refractivity (Wildman–Crippen MR) is 139 cm³/mol. The minimum Gasteiger partial charge on any atom is -0.497 e. The van der Waals surface area contributed by atoms with Crippen LogP contribution < -0.4 is 19.5 Å². The van der Waals surface area contributed by atoms with E-state index >= 15 is 0 Å². The van der Waals surface area contributed by atoms with Crippen LogP contribution >= 0.6 is 0 Å². The van der Waals surface area contributed by atoms with E-state index in [0.29, 0.717) is 40.9 Å². The first kappa shape index (κ1) is 28.3. The van der Waals surface area contributed by atoms with Crippen LogP contribution in [-0.4, -0.2) is 37.5 Å². The number of anilines is 1. The van der Waals surface area contributed by atoms with Crippen LogP contribution in [0.25, 0.3) is 0 Å². The van der Waals surface area contributed by atoms with E-state index < -0.39 is 35.2 Å². The van der Waals surface area contributed by atoms with Crippen LogP contribution in [0.3, 0.4) is 0 Å². The van der Waals surface area contributed by atoms with Crippen molar-refractivity contribution in [3.05, 3.63) is 82.4 Å². The molecule has 3 aromatic carbocycles. The molecule has 0 spiro atoms. The molecule has 1 atom stereocenters. The van der Waals surface area contributed by atoms with Gasteiger partial charge in [-0.3, -0.25) is 9.59 Å². The maximum Gasteiger partial charge on any atom is 0.417 e. The van der Waals surface area contributed by atoms with E-state index in [1.165, 1.54) is 31.3 Å². The lowest BCUT2D eigenvalue weighted by Gasteiger charge is -2.30. The van der Waals surface area contributed by atoms with Crippen molar-refractivity contribution < 1.29 is 37.0 Å². The smallest absolute Gasteiger partial charge is 0.417 e. The molecule has 0 saturated heterocycles. The highest BCUT2D eigenvalue weighted by atomic mass is 19.4. The monoisotopic (exact) mass is 553 g/mol. The van der Waals surface area contributed by atoms with E-state index in [1.807, 2.05) is 13.0 Å². The Kier molecular flexibility index (Phi) is 8.18. The van der Waals surface area contributed by atoms with E-state index in [2.05, 4.69) is 5.32 Å². The van der Waals surface area contributed by atoms with Crippen molar-refractivity contribution in [1.29, 1.82) is 5.26 Å². The molecule has 4 rings (SSSR count). The second-order valence-electron chi connectivity index (χ2n) is 8.94. The number of para-hydroxylation sites is 1. The number of nitrogens with one attached hydrogen (secondary N) is 1. The van der Waals surface area contributed by atoms with Crippen molar-refractivity contribution in [2.75, 3.05) is 26.1 Å². The van der Waals surface area contributed by atoms with E-state index in [9.17, 15) is 22.8 Å². The topological polar surface area (TPSA) is 101 Å². The molecule has 2 amide bonds. The van der Waals surface area contributed by atoms with Gasteiger partial charge in [0.1, 0.15) is 23.3 Å². The number of fused-ring (bicyclic) bond motifs is 1. The summed E-state index contributed by atoms with van der Waals surface area (Å²) in [5.41, 5.74) is -0.202. The van der Waals surface area contributed by atoms with Gasteiger partial charge in [0, 0.05) is 22.9 Å². The van der Waals surface area contributed by atoms with Gasteiger partial charge in [-0.1, -0.05) is 25.1 Å². The average molecular weight is 554 g/mol. The molecule has 1 aliphatic heterocycles. The molecule has 1 aliphatic rings. The molecule has 3 aromatic rings. The summed E-state index contributed by atoms with van der Waals surface area (Å²) < 4.78 is 57.3. The minimum atomic E-state index is -4.81. The molecular formula is C29H26F3N3O5. The van der Waals surface area contributed by atoms with Gasteiger partial charge in [-0.05, 0) is 42.3 Å². The Labute approximate surface area is 228 Å². The predicted octanol–water partition coefficient (Wildman–Crippen LogP) is 5.26. The highest BCUT2D eigenvalue weighted by molar-refractivity contribution is 5.99. The molecule has 0 aromatic heterocycles. The van der Waals surface area contributed by atoms with Crippen LogP contribution in [-0.2, 0) is 28.7 Å². The minimum absolute atomic E-state index is 0.0651. The Morgan fingerprint density at radius 3 is 2.55 bits per heavy atom. The number of carbonyl (C=O) groups is 2. The highest BCUT2D eigenvalue weighted by Gasteiger charge is 2.38. The summed E-state index contributed by atoms with van der Waals surface area (Å²) in [6, 6.07) is 13.4. The third-order valence-electron chi connectivity index (χ3n) is 6.57. The molecule has 0 fully saturated rings. The van der Waals surface area contributed by atoms with Gasteiger partial charge >= 0.3 is 6.18 Å². The summed E-state index contributed by atoms with van der Waals surface area (Å²) in [5.74, 6) is 0.0600. The first-order valence-electron chi connectivity index (χ1n) is 12.3. The van der Waals surface area contributed by atoms with Crippen LogP contribution in [0.1, 0.15) is 40.8 Å². The number of hydrogen-bond donors (Lipinski definition) is 1. The molecular weight excluding hydrogens is 527 g/mol. The molecule has 11 heteroatoms. The fourth-order valence-electron chi connectivity index (χ4n) is 4.60. The number of nitriles is 1. The quantitative estimate of drug-likeness (QED) is 0.429. The average Bonchev–Trinajstić information content (AvgIpc) is 3.08. The van der Waals surface area contributed by atoms with Crippen molar-refractivity contribution in [3.63, 3.8) is 0 Å². The second-order valence-corrected chi connectivity index (χ2v) is 8.94. The fraction of sp³-hybridized carbons (Fsp3) is 0.276. The van der Waals surface area contributed by atoms with Crippen LogP contribution in [0.4, 0.5) is 18.9 Å². The van der Waals surface area contributed by atoms with Crippen LogP contribution in [0.2, 0.25) is 0 Å². The number of ether oxygens (including phenoxy) is 3. The fourth-order valence-corrected chi connectivity index (χ4v) is 4.60. The molecule has 0 aliphatic carbocycles. The molecule has 0 radical (unpaired) electrons. The molecule has 208 valence electrons. The number of rotatable bonds is 7. The van der Waals surface area contributed by atoms with Crippen molar-refractivity contribution in [3.8, 4) is 23.3 Å². The van der Waals surface area contributed by atoms with Crippen molar-refractivity contribution >= 4 is 17.5 Å². The third-order valence-corrected chi connectivity index (χ3v) is 6.57. The molecule has 40 heavy (non-hydrogen) atoms. The van der Waals surface area contributed by atoms with Gasteiger partial charge in [-0.2, -0.15) is 18.4 Å². The first-order valence-corrected chi connectivity index (χ1v) is 12.3. The molecule has 0 saturated carbocycles. The van der Waals surface area contributed by atoms with E-state index in [0.717, 1.165) is 11.6 Å². The summed E-state index contributed by atoms with van der Waals surface area (Å²) >= 11 is 0. The third kappa shape index (κ3) is 5.66. The van der Waals surface area contributed by atoms with Crippen molar-refractivity contribution in [1.82, 2.24) is 4.90 Å². The Bertz CT molecular complexity index is 1480. The van der Waals surface area contributed by atoms with Gasteiger partial charge in [0.25, 0.3) is 11.8 Å². The van der Waals surface area contributed by atoms with Crippen LogP contribution in [0.15, 0.2) is 54.6 Å². The Morgan fingerprint density at radius 1 is 1.12 bits per heavy atom. The largest absolute Gasteiger partial charge is 0.497 e. The maximum absolute atomic E-state index is 13.8. The van der Waals surface area contributed by atoms with Gasteiger partial charge in [0.15, 0.2) is 6.61 Å². The molecule has 1 N–H and O–H groups in total. The SMILES string of the molecule is CCc1cccc2c1OCC(=O)N(Cc1ccc(OC)cc1OC)C2C(=O)Nc1ccc(C#N)c(C(F)(F)F)c1. The zero-order valence-corrected chi connectivity index (χ0v) is 22.0. The normalized spacial score (nSPS) is 14.9. The number of hydrogen-bond acceptors (Lipinski definition) is 6. The number of methoxy groups -OCH3 is 2. The maximum atomic E-state index is 13.8. The number of aryl methyl sites for hydroxylation is 1. The lowest BCUT2D eigenvalue weighted by atomic mass is 9.98. The van der Waals surface area contributed by atoms with Gasteiger partial charge < -0.3 is 24.4 Å². The van der Waals surface area contributed by atoms with Gasteiger partial charge in [-0.25, -0.2) is 0 Å².